The Labute approximate surface area is 178 Å². The second kappa shape index (κ2) is 9.02. The van der Waals surface area contributed by atoms with Gasteiger partial charge in [-0.05, 0) is 37.5 Å². The lowest BCUT2D eigenvalue weighted by Crippen LogP contribution is -2.37. The summed E-state index contributed by atoms with van der Waals surface area (Å²) < 4.78 is 15.8. The summed E-state index contributed by atoms with van der Waals surface area (Å²) in [6.07, 6.45) is 2.42. The van der Waals surface area contributed by atoms with Gasteiger partial charge in [0.2, 0.25) is 18.4 Å². The van der Waals surface area contributed by atoms with Crippen LogP contribution in [-0.4, -0.2) is 47.3 Å². The molecule has 11 nitrogen and oxygen atoms in total. The Hall–Kier alpha value is -3.63. The Kier molecular flexibility index (Phi) is 6.01. The number of nitro groups is 1. The normalized spacial score (nSPS) is 15.6. The molecule has 0 unspecified atom stereocenters. The molecule has 1 N–H and O–H groups in total. The maximum Gasteiger partial charge on any atom is 0.353 e. The van der Waals surface area contributed by atoms with Crippen LogP contribution in [0.25, 0.3) is 0 Å². The Morgan fingerprint density at radius 2 is 2.06 bits per heavy atom. The van der Waals surface area contributed by atoms with Crippen molar-refractivity contribution in [1.82, 2.24) is 9.97 Å². The topological polar surface area (TPSA) is 129 Å². The number of carbonyl (C=O) groups excluding carboxylic acids is 1. The summed E-state index contributed by atoms with van der Waals surface area (Å²) in [5.41, 5.74) is 0.687. The van der Waals surface area contributed by atoms with Crippen LogP contribution < -0.4 is 19.7 Å². The number of ether oxygens (including phenoxy) is 3. The van der Waals surface area contributed by atoms with E-state index in [1.807, 2.05) is 17.0 Å². The second-order valence-corrected chi connectivity index (χ2v) is 7.21. The average Bonchev–Trinajstić information content (AvgIpc) is 3.25. The van der Waals surface area contributed by atoms with Crippen molar-refractivity contribution in [3.05, 3.63) is 40.2 Å². The molecule has 1 aromatic heterocycles. The number of fused-ring (bicyclic) bond motifs is 1. The minimum atomic E-state index is -0.477. The van der Waals surface area contributed by atoms with Gasteiger partial charge in [0.05, 0.1) is 17.4 Å². The van der Waals surface area contributed by atoms with Crippen molar-refractivity contribution in [2.75, 3.05) is 36.7 Å². The smallest absolute Gasteiger partial charge is 0.353 e. The number of carbonyl (C=O) groups is 1. The third-order valence-corrected chi connectivity index (χ3v) is 5.30. The van der Waals surface area contributed by atoms with Crippen molar-refractivity contribution in [3.8, 4) is 11.5 Å². The van der Waals surface area contributed by atoms with E-state index in [1.165, 1.54) is 6.33 Å². The second-order valence-electron chi connectivity index (χ2n) is 7.21. The third kappa shape index (κ3) is 4.44. The lowest BCUT2D eigenvalue weighted by atomic mass is 9.97. The Bertz CT molecular complexity index is 977. The van der Waals surface area contributed by atoms with E-state index in [1.54, 1.807) is 13.0 Å². The number of aromatic nitrogens is 2. The third-order valence-electron chi connectivity index (χ3n) is 5.30. The maximum absolute atomic E-state index is 12.0. The maximum atomic E-state index is 12.0. The molecule has 0 saturated carbocycles. The monoisotopic (exact) mass is 429 g/mol. The van der Waals surface area contributed by atoms with Gasteiger partial charge >= 0.3 is 11.7 Å². The number of hydrogen-bond acceptors (Lipinski definition) is 10. The lowest BCUT2D eigenvalue weighted by molar-refractivity contribution is -0.383. The molecule has 1 saturated heterocycles. The quantitative estimate of drug-likeness (QED) is 0.398. The molecule has 2 aromatic rings. The molecular formula is C20H23N5O6. The van der Waals surface area contributed by atoms with E-state index in [0.717, 1.165) is 5.56 Å². The minimum absolute atomic E-state index is 0.139. The fraction of sp³-hybridized carbons (Fsp3) is 0.450. The number of nitrogens with zero attached hydrogens (tertiary/aromatic N) is 4. The van der Waals surface area contributed by atoms with Crippen LogP contribution in [0.4, 0.5) is 17.3 Å². The average molecular weight is 429 g/mol. The van der Waals surface area contributed by atoms with Crippen LogP contribution in [0.15, 0.2) is 24.5 Å². The zero-order valence-electron chi connectivity index (χ0n) is 17.1. The molecule has 0 atom stereocenters. The molecular weight excluding hydrogens is 406 g/mol. The first-order valence-electron chi connectivity index (χ1n) is 10.1. The molecule has 4 rings (SSSR count). The number of nitrogens with one attached hydrogen (secondary N) is 1. The molecule has 164 valence electrons. The highest BCUT2D eigenvalue weighted by atomic mass is 16.7. The van der Waals surface area contributed by atoms with Gasteiger partial charge in [0.25, 0.3) is 0 Å². The first-order chi connectivity index (χ1) is 15.1. The SMILES string of the molecule is CCOC(=O)C1CCN(c2ncnc(NCc3ccc4c(c3)OCO4)c2[N+](=O)[O-])CC1. The van der Waals surface area contributed by atoms with Crippen LogP contribution in [-0.2, 0) is 16.1 Å². The molecule has 0 spiro atoms. The van der Waals surface area contributed by atoms with E-state index in [0.29, 0.717) is 50.6 Å². The van der Waals surface area contributed by atoms with Gasteiger partial charge < -0.3 is 24.4 Å². The number of benzene rings is 1. The fourth-order valence-corrected chi connectivity index (χ4v) is 3.72. The zero-order valence-corrected chi connectivity index (χ0v) is 17.1. The highest BCUT2D eigenvalue weighted by Gasteiger charge is 2.32. The highest BCUT2D eigenvalue weighted by Crippen LogP contribution is 2.35. The molecule has 3 heterocycles. The number of rotatable bonds is 7. The van der Waals surface area contributed by atoms with Crippen molar-refractivity contribution >= 4 is 23.3 Å². The Morgan fingerprint density at radius 3 is 2.81 bits per heavy atom. The molecule has 0 aliphatic carbocycles. The summed E-state index contributed by atoms with van der Waals surface area (Å²) in [5, 5.41) is 14.9. The first kappa shape index (κ1) is 20.6. The van der Waals surface area contributed by atoms with E-state index < -0.39 is 4.92 Å². The number of anilines is 2. The Morgan fingerprint density at radius 1 is 1.29 bits per heavy atom. The van der Waals surface area contributed by atoms with Gasteiger partial charge in [0, 0.05) is 19.6 Å². The van der Waals surface area contributed by atoms with E-state index in [4.69, 9.17) is 14.2 Å². The molecule has 2 aliphatic rings. The fourth-order valence-electron chi connectivity index (χ4n) is 3.72. The number of hydrogen-bond donors (Lipinski definition) is 1. The number of esters is 1. The molecule has 31 heavy (non-hydrogen) atoms. The molecule has 2 aliphatic heterocycles. The van der Waals surface area contributed by atoms with Crippen LogP contribution >= 0.6 is 0 Å². The molecule has 1 fully saturated rings. The molecule has 0 amide bonds. The standard InChI is InChI=1S/C20H23N5O6/c1-2-29-20(26)14-5-7-24(8-6-14)19-17(25(27)28)18(22-11-23-19)21-10-13-3-4-15-16(9-13)31-12-30-15/h3-4,9,11,14H,2,5-8,10,12H2,1H3,(H,21,22,23). The lowest BCUT2D eigenvalue weighted by Gasteiger charge is -2.31. The Balaban J connectivity index is 1.48. The summed E-state index contributed by atoms with van der Waals surface area (Å²) in [4.78, 5) is 33.4. The summed E-state index contributed by atoms with van der Waals surface area (Å²) in [6.45, 7) is 3.56. The first-order valence-corrected chi connectivity index (χ1v) is 10.1. The zero-order chi connectivity index (χ0) is 21.8. The largest absolute Gasteiger partial charge is 0.466 e. The van der Waals surface area contributed by atoms with Gasteiger partial charge in [-0.2, -0.15) is 0 Å². The van der Waals surface area contributed by atoms with Gasteiger partial charge in [-0.3, -0.25) is 14.9 Å². The van der Waals surface area contributed by atoms with E-state index in [-0.39, 0.29) is 36.0 Å². The molecule has 0 radical (unpaired) electrons. The van der Waals surface area contributed by atoms with Gasteiger partial charge in [0.15, 0.2) is 11.5 Å². The van der Waals surface area contributed by atoms with Crippen molar-refractivity contribution in [1.29, 1.82) is 0 Å². The van der Waals surface area contributed by atoms with Crippen LogP contribution in [0.1, 0.15) is 25.3 Å². The van der Waals surface area contributed by atoms with E-state index in [9.17, 15) is 14.9 Å². The van der Waals surface area contributed by atoms with Gasteiger partial charge in [-0.1, -0.05) is 6.07 Å². The molecule has 11 heteroatoms. The summed E-state index contributed by atoms with van der Waals surface area (Å²) in [5.74, 6) is 1.29. The van der Waals surface area contributed by atoms with E-state index in [2.05, 4.69) is 15.3 Å². The van der Waals surface area contributed by atoms with Crippen LogP contribution in [0.5, 0.6) is 11.5 Å². The minimum Gasteiger partial charge on any atom is -0.466 e. The van der Waals surface area contributed by atoms with Gasteiger partial charge in [-0.15, -0.1) is 0 Å². The van der Waals surface area contributed by atoms with E-state index >= 15 is 0 Å². The van der Waals surface area contributed by atoms with Gasteiger partial charge in [-0.25, -0.2) is 9.97 Å². The van der Waals surface area contributed by atoms with Gasteiger partial charge in [0.1, 0.15) is 6.33 Å². The van der Waals surface area contributed by atoms with Crippen molar-refractivity contribution < 1.29 is 23.9 Å². The van der Waals surface area contributed by atoms with Crippen molar-refractivity contribution in [3.63, 3.8) is 0 Å². The molecule has 0 bridgehead atoms. The molecule has 1 aromatic carbocycles. The van der Waals surface area contributed by atoms with Crippen LogP contribution in [0.2, 0.25) is 0 Å². The summed E-state index contributed by atoms with van der Waals surface area (Å²) >= 11 is 0. The summed E-state index contributed by atoms with van der Waals surface area (Å²) in [7, 11) is 0. The van der Waals surface area contributed by atoms with Crippen molar-refractivity contribution in [2.24, 2.45) is 5.92 Å². The predicted molar refractivity (Wildman–Crippen MR) is 110 cm³/mol. The summed E-state index contributed by atoms with van der Waals surface area (Å²) in [6, 6.07) is 5.48. The van der Waals surface area contributed by atoms with Crippen molar-refractivity contribution in [2.45, 2.75) is 26.3 Å². The highest BCUT2D eigenvalue weighted by molar-refractivity contribution is 5.74. The van der Waals surface area contributed by atoms with Crippen LogP contribution in [0.3, 0.4) is 0 Å². The van der Waals surface area contributed by atoms with Crippen LogP contribution in [0, 0.1) is 16.0 Å². The predicted octanol–water partition coefficient (Wildman–Crippen LogP) is 2.51. The number of piperidine rings is 1.